The second-order valence-corrected chi connectivity index (χ2v) is 5.96. The SMILES string of the molecule is CCC1(Cc2ccc(C3CC3C)o2)CCCN1. The van der Waals surface area contributed by atoms with Crippen molar-refractivity contribution in [1.82, 2.24) is 5.32 Å². The first-order chi connectivity index (χ1) is 8.22. The Labute approximate surface area is 104 Å². The van der Waals surface area contributed by atoms with Gasteiger partial charge in [-0.3, -0.25) is 0 Å². The summed E-state index contributed by atoms with van der Waals surface area (Å²) in [4.78, 5) is 0. The summed E-state index contributed by atoms with van der Waals surface area (Å²) in [5, 5.41) is 3.67. The first-order valence-electron chi connectivity index (χ1n) is 7.06. The lowest BCUT2D eigenvalue weighted by atomic mass is 9.89. The molecule has 1 N–H and O–H groups in total. The maximum Gasteiger partial charge on any atom is 0.107 e. The smallest absolute Gasteiger partial charge is 0.107 e. The fourth-order valence-electron chi connectivity index (χ4n) is 3.19. The predicted molar refractivity (Wildman–Crippen MR) is 69.2 cm³/mol. The van der Waals surface area contributed by atoms with Crippen LogP contribution in [0.1, 0.15) is 57.0 Å². The van der Waals surface area contributed by atoms with E-state index in [1.807, 2.05) is 0 Å². The molecule has 3 unspecified atom stereocenters. The first-order valence-corrected chi connectivity index (χ1v) is 7.06. The summed E-state index contributed by atoms with van der Waals surface area (Å²) in [6, 6.07) is 4.39. The van der Waals surface area contributed by atoms with Gasteiger partial charge in [-0.05, 0) is 50.3 Å². The second-order valence-electron chi connectivity index (χ2n) is 5.96. The van der Waals surface area contributed by atoms with Gasteiger partial charge >= 0.3 is 0 Å². The van der Waals surface area contributed by atoms with Crippen molar-refractivity contribution >= 4 is 0 Å². The molecule has 2 fully saturated rings. The molecule has 0 bridgehead atoms. The van der Waals surface area contributed by atoms with E-state index in [2.05, 4.69) is 31.3 Å². The third kappa shape index (κ3) is 2.15. The molecule has 0 radical (unpaired) electrons. The average Bonchev–Trinajstić information content (AvgIpc) is 2.79. The molecule has 2 heteroatoms. The summed E-state index contributed by atoms with van der Waals surface area (Å²) in [6.45, 7) is 5.76. The molecule has 2 heterocycles. The molecule has 1 aliphatic carbocycles. The van der Waals surface area contributed by atoms with Gasteiger partial charge in [0, 0.05) is 17.9 Å². The van der Waals surface area contributed by atoms with E-state index < -0.39 is 0 Å². The normalized spacial score (nSPS) is 36.4. The van der Waals surface area contributed by atoms with Crippen molar-refractivity contribution in [3.63, 3.8) is 0 Å². The molecule has 0 amide bonds. The van der Waals surface area contributed by atoms with Gasteiger partial charge in [0.2, 0.25) is 0 Å². The molecule has 1 aliphatic heterocycles. The van der Waals surface area contributed by atoms with Gasteiger partial charge in [-0.25, -0.2) is 0 Å². The van der Waals surface area contributed by atoms with Crippen molar-refractivity contribution in [3.05, 3.63) is 23.7 Å². The minimum absolute atomic E-state index is 0.310. The Hall–Kier alpha value is -0.760. The van der Waals surface area contributed by atoms with Crippen LogP contribution in [0.2, 0.25) is 0 Å². The third-order valence-electron chi connectivity index (χ3n) is 4.68. The topological polar surface area (TPSA) is 25.2 Å². The monoisotopic (exact) mass is 233 g/mol. The lowest BCUT2D eigenvalue weighted by Gasteiger charge is -2.27. The number of furan rings is 1. The van der Waals surface area contributed by atoms with Crippen LogP contribution in [0.5, 0.6) is 0 Å². The summed E-state index contributed by atoms with van der Waals surface area (Å²) in [5.41, 5.74) is 0.310. The average molecular weight is 233 g/mol. The van der Waals surface area contributed by atoms with Crippen LogP contribution in [-0.2, 0) is 6.42 Å². The maximum atomic E-state index is 6.03. The van der Waals surface area contributed by atoms with E-state index in [1.54, 1.807) is 0 Å². The Bertz CT molecular complexity index is 389. The Balaban J connectivity index is 1.70. The van der Waals surface area contributed by atoms with Gasteiger partial charge in [0.25, 0.3) is 0 Å². The van der Waals surface area contributed by atoms with Crippen LogP contribution >= 0.6 is 0 Å². The molecular weight excluding hydrogens is 210 g/mol. The quantitative estimate of drug-likeness (QED) is 0.861. The van der Waals surface area contributed by atoms with Crippen LogP contribution in [0.4, 0.5) is 0 Å². The fraction of sp³-hybridized carbons (Fsp3) is 0.733. The van der Waals surface area contributed by atoms with Crippen LogP contribution in [0.15, 0.2) is 16.5 Å². The van der Waals surface area contributed by atoms with Gasteiger partial charge in [0.05, 0.1) is 0 Å². The zero-order chi connectivity index (χ0) is 11.9. The lowest BCUT2D eigenvalue weighted by Crippen LogP contribution is -2.41. The summed E-state index contributed by atoms with van der Waals surface area (Å²) in [7, 11) is 0. The molecule has 0 aromatic carbocycles. The highest BCUT2D eigenvalue weighted by Crippen LogP contribution is 2.47. The zero-order valence-electron chi connectivity index (χ0n) is 11.0. The van der Waals surface area contributed by atoms with Gasteiger partial charge in [0.15, 0.2) is 0 Å². The number of nitrogens with one attached hydrogen (secondary N) is 1. The molecular formula is C15H23NO. The van der Waals surface area contributed by atoms with E-state index in [-0.39, 0.29) is 0 Å². The van der Waals surface area contributed by atoms with E-state index in [1.165, 1.54) is 43.7 Å². The van der Waals surface area contributed by atoms with Crippen LogP contribution in [0.3, 0.4) is 0 Å². The van der Waals surface area contributed by atoms with Gasteiger partial charge in [0.1, 0.15) is 11.5 Å². The minimum Gasteiger partial charge on any atom is -0.466 e. The van der Waals surface area contributed by atoms with Crippen LogP contribution in [0, 0.1) is 5.92 Å². The summed E-state index contributed by atoms with van der Waals surface area (Å²) < 4.78 is 6.03. The molecule has 1 saturated heterocycles. The molecule has 1 aromatic rings. The van der Waals surface area contributed by atoms with E-state index in [9.17, 15) is 0 Å². The third-order valence-corrected chi connectivity index (χ3v) is 4.68. The van der Waals surface area contributed by atoms with Crippen LogP contribution in [0.25, 0.3) is 0 Å². The summed E-state index contributed by atoms with van der Waals surface area (Å²) in [6.07, 6.45) is 6.16. The summed E-state index contributed by atoms with van der Waals surface area (Å²) in [5.74, 6) is 3.93. The largest absolute Gasteiger partial charge is 0.466 e. The standard InChI is InChI=1S/C15H23NO/c1-3-15(7-4-8-16-15)10-12-5-6-14(17-12)13-9-11(13)2/h5-6,11,13,16H,3-4,7-10H2,1-2H3. The molecule has 1 aromatic heterocycles. The van der Waals surface area contributed by atoms with E-state index in [0.717, 1.165) is 12.3 Å². The lowest BCUT2D eigenvalue weighted by molar-refractivity contribution is 0.324. The molecule has 94 valence electrons. The van der Waals surface area contributed by atoms with Crippen molar-refractivity contribution in [3.8, 4) is 0 Å². The highest BCUT2D eigenvalue weighted by atomic mass is 16.3. The Morgan fingerprint density at radius 3 is 2.88 bits per heavy atom. The van der Waals surface area contributed by atoms with Gasteiger partial charge in [-0.2, -0.15) is 0 Å². The van der Waals surface area contributed by atoms with Crippen molar-refractivity contribution < 1.29 is 4.42 Å². The molecule has 3 atom stereocenters. The molecule has 1 saturated carbocycles. The van der Waals surface area contributed by atoms with Gasteiger partial charge in [-0.15, -0.1) is 0 Å². The highest BCUT2D eigenvalue weighted by Gasteiger charge is 2.37. The number of hydrogen-bond donors (Lipinski definition) is 1. The van der Waals surface area contributed by atoms with E-state index in [0.29, 0.717) is 11.5 Å². The van der Waals surface area contributed by atoms with Crippen molar-refractivity contribution in [1.29, 1.82) is 0 Å². The predicted octanol–water partition coefficient (Wildman–Crippen LogP) is 3.48. The van der Waals surface area contributed by atoms with E-state index >= 15 is 0 Å². The summed E-state index contributed by atoms with van der Waals surface area (Å²) >= 11 is 0. The highest BCUT2D eigenvalue weighted by molar-refractivity contribution is 5.19. The van der Waals surface area contributed by atoms with Crippen LogP contribution < -0.4 is 5.32 Å². The van der Waals surface area contributed by atoms with Crippen molar-refractivity contribution in [2.45, 2.75) is 57.4 Å². The second kappa shape index (κ2) is 4.16. The Morgan fingerprint density at radius 1 is 1.47 bits per heavy atom. The first kappa shape index (κ1) is 11.3. The molecule has 17 heavy (non-hydrogen) atoms. The van der Waals surface area contributed by atoms with Gasteiger partial charge < -0.3 is 9.73 Å². The van der Waals surface area contributed by atoms with Crippen LogP contribution in [-0.4, -0.2) is 12.1 Å². The fourth-order valence-corrected chi connectivity index (χ4v) is 3.19. The molecule has 2 aliphatic rings. The van der Waals surface area contributed by atoms with Crippen molar-refractivity contribution in [2.75, 3.05) is 6.54 Å². The molecule has 3 rings (SSSR count). The number of hydrogen-bond acceptors (Lipinski definition) is 2. The maximum absolute atomic E-state index is 6.03. The molecule has 0 spiro atoms. The van der Waals surface area contributed by atoms with E-state index in [4.69, 9.17) is 4.42 Å². The molecule has 2 nitrogen and oxygen atoms in total. The Kier molecular flexibility index (Phi) is 2.78. The minimum atomic E-state index is 0.310. The van der Waals surface area contributed by atoms with Gasteiger partial charge in [-0.1, -0.05) is 13.8 Å². The Morgan fingerprint density at radius 2 is 2.29 bits per heavy atom. The zero-order valence-corrected chi connectivity index (χ0v) is 11.0. The number of rotatable bonds is 4. The van der Waals surface area contributed by atoms with Crippen molar-refractivity contribution in [2.24, 2.45) is 5.92 Å².